The Morgan fingerprint density at radius 3 is 2.60 bits per heavy atom. The Bertz CT molecular complexity index is 299. The molecular formula is C17H30O3. The number of Topliss-reactive ketones (excluding diaryl/α,β-unsaturated/α-hetero) is 1. The number of carbonyl (C=O) groups excluding carboxylic acids is 2. The van der Waals surface area contributed by atoms with Gasteiger partial charge < -0.3 is 4.74 Å². The van der Waals surface area contributed by atoms with E-state index in [2.05, 4.69) is 11.7 Å². The van der Waals surface area contributed by atoms with Crippen LogP contribution in [-0.4, -0.2) is 18.9 Å². The third-order valence-corrected chi connectivity index (χ3v) is 4.55. The van der Waals surface area contributed by atoms with E-state index in [0.29, 0.717) is 24.0 Å². The third-order valence-electron chi connectivity index (χ3n) is 4.55. The first-order chi connectivity index (χ1) is 9.69. The number of ether oxygens (including phenoxy) is 1. The van der Waals surface area contributed by atoms with Crippen molar-refractivity contribution in [2.24, 2.45) is 11.8 Å². The van der Waals surface area contributed by atoms with Crippen molar-refractivity contribution >= 4 is 11.8 Å². The highest BCUT2D eigenvalue weighted by atomic mass is 16.5. The lowest BCUT2D eigenvalue weighted by Gasteiger charge is -2.18. The summed E-state index contributed by atoms with van der Waals surface area (Å²) in [6.07, 6.45) is 11.5. The fourth-order valence-corrected chi connectivity index (χ4v) is 3.29. The second-order valence-corrected chi connectivity index (χ2v) is 6.04. The number of carbonyl (C=O) groups is 2. The van der Waals surface area contributed by atoms with Crippen LogP contribution < -0.4 is 0 Å². The van der Waals surface area contributed by atoms with Gasteiger partial charge in [0.15, 0.2) is 0 Å². The van der Waals surface area contributed by atoms with Crippen LogP contribution in [0.25, 0.3) is 0 Å². The van der Waals surface area contributed by atoms with Crippen LogP contribution in [0.3, 0.4) is 0 Å². The van der Waals surface area contributed by atoms with Crippen LogP contribution >= 0.6 is 0 Å². The molecule has 3 nitrogen and oxygen atoms in total. The fourth-order valence-electron chi connectivity index (χ4n) is 3.29. The Kier molecular flexibility index (Phi) is 8.56. The molecule has 1 aliphatic rings. The molecule has 20 heavy (non-hydrogen) atoms. The molecule has 2 unspecified atom stereocenters. The van der Waals surface area contributed by atoms with Gasteiger partial charge in [0.1, 0.15) is 5.78 Å². The van der Waals surface area contributed by atoms with Gasteiger partial charge in [-0.15, -0.1) is 0 Å². The van der Waals surface area contributed by atoms with Crippen molar-refractivity contribution in [3.05, 3.63) is 0 Å². The first kappa shape index (κ1) is 17.2. The van der Waals surface area contributed by atoms with Gasteiger partial charge in [0.05, 0.1) is 7.11 Å². The molecule has 0 saturated heterocycles. The van der Waals surface area contributed by atoms with E-state index in [9.17, 15) is 9.59 Å². The smallest absolute Gasteiger partial charge is 0.305 e. The Balaban J connectivity index is 2.17. The number of hydrogen-bond donors (Lipinski definition) is 0. The molecule has 116 valence electrons. The summed E-state index contributed by atoms with van der Waals surface area (Å²) in [7, 11) is 1.44. The summed E-state index contributed by atoms with van der Waals surface area (Å²) in [5, 5.41) is 0. The van der Waals surface area contributed by atoms with E-state index in [1.54, 1.807) is 0 Å². The first-order valence-electron chi connectivity index (χ1n) is 8.28. The molecule has 0 spiro atoms. The van der Waals surface area contributed by atoms with E-state index in [-0.39, 0.29) is 5.97 Å². The standard InChI is InChI=1S/C17H30O3/c1-3-4-6-10-15-14(12-13-16(15)18)9-7-5-8-11-17(19)20-2/h14-15H,3-13H2,1-2H3. The van der Waals surface area contributed by atoms with Crippen LogP contribution in [-0.2, 0) is 14.3 Å². The van der Waals surface area contributed by atoms with Gasteiger partial charge in [0.25, 0.3) is 0 Å². The molecule has 0 aromatic heterocycles. The van der Waals surface area contributed by atoms with E-state index < -0.39 is 0 Å². The zero-order valence-electron chi connectivity index (χ0n) is 13.2. The summed E-state index contributed by atoms with van der Waals surface area (Å²) in [6.45, 7) is 2.20. The molecule has 1 aliphatic carbocycles. The first-order valence-corrected chi connectivity index (χ1v) is 8.28. The SMILES string of the molecule is CCCCCC1C(=O)CCC1CCCCCC(=O)OC. The van der Waals surface area contributed by atoms with Crippen LogP contribution in [0, 0.1) is 11.8 Å². The molecule has 0 aromatic carbocycles. The second kappa shape index (κ2) is 9.95. The van der Waals surface area contributed by atoms with Gasteiger partial charge in [0.2, 0.25) is 0 Å². The molecule has 2 atom stereocenters. The molecule has 0 N–H and O–H groups in total. The van der Waals surface area contributed by atoms with Gasteiger partial charge in [-0.3, -0.25) is 9.59 Å². The third kappa shape index (κ3) is 6.06. The minimum atomic E-state index is -0.113. The number of ketones is 1. The zero-order chi connectivity index (χ0) is 14.8. The topological polar surface area (TPSA) is 43.4 Å². The van der Waals surface area contributed by atoms with Crippen molar-refractivity contribution in [2.75, 3.05) is 7.11 Å². The van der Waals surface area contributed by atoms with Gasteiger partial charge >= 0.3 is 5.97 Å². The summed E-state index contributed by atoms with van der Waals surface area (Å²) in [6, 6.07) is 0. The summed E-state index contributed by atoms with van der Waals surface area (Å²) in [4.78, 5) is 22.9. The number of rotatable bonds is 10. The van der Waals surface area contributed by atoms with Crippen LogP contribution in [0.2, 0.25) is 0 Å². The van der Waals surface area contributed by atoms with Crippen molar-refractivity contribution in [1.82, 2.24) is 0 Å². The van der Waals surface area contributed by atoms with Gasteiger partial charge in [0, 0.05) is 18.8 Å². The van der Waals surface area contributed by atoms with E-state index in [1.165, 1.54) is 26.4 Å². The Morgan fingerprint density at radius 2 is 1.90 bits per heavy atom. The Morgan fingerprint density at radius 1 is 1.15 bits per heavy atom. The highest BCUT2D eigenvalue weighted by molar-refractivity contribution is 5.83. The maximum absolute atomic E-state index is 11.9. The lowest BCUT2D eigenvalue weighted by atomic mass is 9.86. The maximum Gasteiger partial charge on any atom is 0.305 e. The van der Waals surface area contributed by atoms with Gasteiger partial charge in [-0.05, 0) is 31.6 Å². The molecule has 0 aromatic rings. The fraction of sp³-hybridized carbons (Fsp3) is 0.882. The lowest BCUT2D eigenvalue weighted by Crippen LogP contribution is -2.15. The zero-order valence-corrected chi connectivity index (χ0v) is 13.2. The van der Waals surface area contributed by atoms with E-state index in [0.717, 1.165) is 44.9 Å². The minimum absolute atomic E-state index is 0.113. The predicted molar refractivity (Wildman–Crippen MR) is 80.5 cm³/mol. The Labute approximate surface area is 123 Å². The van der Waals surface area contributed by atoms with E-state index in [4.69, 9.17) is 0 Å². The lowest BCUT2D eigenvalue weighted by molar-refractivity contribution is -0.140. The summed E-state index contributed by atoms with van der Waals surface area (Å²) >= 11 is 0. The van der Waals surface area contributed by atoms with Crippen molar-refractivity contribution < 1.29 is 14.3 Å². The number of esters is 1. The predicted octanol–water partition coefficient (Wildman–Crippen LogP) is 4.29. The molecule has 0 amide bonds. The quantitative estimate of drug-likeness (QED) is 0.443. The van der Waals surface area contributed by atoms with Crippen molar-refractivity contribution in [1.29, 1.82) is 0 Å². The molecule has 0 bridgehead atoms. The van der Waals surface area contributed by atoms with Crippen molar-refractivity contribution in [3.8, 4) is 0 Å². The van der Waals surface area contributed by atoms with Crippen LogP contribution in [0.1, 0.15) is 77.6 Å². The summed E-state index contributed by atoms with van der Waals surface area (Å²) < 4.78 is 4.63. The molecule has 1 saturated carbocycles. The maximum atomic E-state index is 11.9. The monoisotopic (exact) mass is 282 g/mol. The average Bonchev–Trinajstić information content (AvgIpc) is 2.79. The summed E-state index contributed by atoms with van der Waals surface area (Å²) in [5.41, 5.74) is 0. The second-order valence-electron chi connectivity index (χ2n) is 6.04. The highest BCUT2D eigenvalue weighted by Crippen LogP contribution is 2.36. The molecule has 1 rings (SSSR count). The van der Waals surface area contributed by atoms with Gasteiger partial charge in [-0.1, -0.05) is 39.0 Å². The number of hydrogen-bond acceptors (Lipinski definition) is 3. The molecule has 1 fully saturated rings. The van der Waals surface area contributed by atoms with Crippen LogP contribution in [0.5, 0.6) is 0 Å². The van der Waals surface area contributed by atoms with E-state index >= 15 is 0 Å². The molecular weight excluding hydrogens is 252 g/mol. The average molecular weight is 282 g/mol. The molecule has 3 heteroatoms. The van der Waals surface area contributed by atoms with Crippen molar-refractivity contribution in [2.45, 2.75) is 77.6 Å². The highest BCUT2D eigenvalue weighted by Gasteiger charge is 2.33. The Hall–Kier alpha value is -0.860. The van der Waals surface area contributed by atoms with Gasteiger partial charge in [-0.25, -0.2) is 0 Å². The molecule has 0 heterocycles. The number of unbranched alkanes of at least 4 members (excludes halogenated alkanes) is 4. The van der Waals surface area contributed by atoms with Gasteiger partial charge in [-0.2, -0.15) is 0 Å². The molecule has 0 radical (unpaired) electrons. The molecule has 0 aliphatic heterocycles. The largest absolute Gasteiger partial charge is 0.469 e. The number of methoxy groups -OCH3 is 1. The summed E-state index contributed by atoms with van der Waals surface area (Å²) in [5.74, 6) is 1.33. The normalized spacial score (nSPS) is 22.2. The van der Waals surface area contributed by atoms with E-state index in [1.807, 2.05) is 0 Å². The minimum Gasteiger partial charge on any atom is -0.469 e. The van der Waals surface area contributed by atoms with Crippen molar-refractivity contribution in [3.63, 3.8) is 0 Å². The van der Waals surface area contributed by atoms with Crippen LogP contribution in [0.15, 0.2) is 0 Å². The van der Waals surface area contributed by atoms with Crippen LogP contribution in [0.4, 0.5) is 0 Å².